The molecule has 0 saturated carbocycles. The summed E-state index contributed by atoms with van der Waals surface area (Å²) in [7, 11) is 0. The van der Waals surface area contributed by atoms with Crippen molar-refractivity contribution in [2.75, 3.05) is 13.1 Å². The van der Waals surface area contributed by atoms with Crippen molar-refractivity contribution < 1.29 is 19.8 Å². The van der Waals surface area contributed by atoms with Gasteiger partial charge in [-0.25, -0.2) is 9.59 Å². The van der Waals surface area contributed by atoms with Gasteiger partial charge in [0.25, 0.3) is 0 Å². The molecule has 0 aromatic heterocycles. The van der Waals surface area contributed by atoms with Gasteiger partial charge in [0.05, 0.1) is 5.02 Å². The van der Waals surface area contributed by atoms with Crippen LogP contribution in [-0.2, 0) is 9.59 Å². The average Bonchev–Trinajstić information content (AvgIpc) is 2.38. The Kier molecular flexibility index (Phi) is 6.80. The van der Waals surface area contributed by atoms with Crippen LogP contribution in [-0.4, -0.2) is 40.0 Å². The van der Waals surface area contributed by atoms with Gasteiger partial charge in [0.15, 0.2) is 0 Å². The summed E-state index contributed by atoms with van der Waals surface area (Å²) in [6.45, 7) is 4.32. The molecule has 0 aliphatic carbocycles. The summed E-state index contributed by atoms with van der Waals surface area (Å²) in [6.07, 6.45) is 1.15. The lowest BCUT2D eigenvalue weighted by Gasteiger charge is -2.41. The molecule has 1 aromatic rings. The van der Waals surface area contributed by atoms with Crippen molar-refractivity contribution in [3.8, 4) is 0 Å². The largest absolute Gasteiger partial charge is 0.473 e. The molecule has 2 rings (SSSR count). The van der Waals surface area contributed by atoms with Crippen molar-refractivity contribution in [1.29, 1.82) is 0 Å². The van der Waals surface area contributed by atoms with E-state index in [1.807, 2.05) is 30.0 Å². The van der Waals surface area contributed by atoms with Crippen LogP contribution in [0.2, 0.25) is 10.0 Å². The summed E-state index contributed by atoms with van der Waals surface area (Å²) < 4.78 is 0.314. The van der Waals surface area contributed by atoms with Crippen molar-refractivity contribution >= 4 is 46.9 Å². The van der Waals surface area contributed by atoms with E-state index in [1.54, 1.807) is 0 Å². The Morgan fingerprint density at radius 1 is 1.29 bits per heavy atom. The van der Waals surface area contributed by atoms with Gasteiger partial charge in [0, 0.05) is 27.8 Å². The standard InChI is InChI=1S/C11H13Cl2NS.C2H2O4/c1-2-11(6-14-7-11)15-10-5-8(12)3-4-9(10)13;3-1(4)2(5)6/h3-5,14H,2,6-7H2,1H3;(H,3,4)(H,5,6). The molecule has 21 heavy (non-hydrogen) atoms. The maximum atomic E-state index is 9.10. The van der Waals surface area contributed by atoms with Gasteiger partial charge in [-0.2, -0.15) is 0 Å². The monoisotopic (exact) mass is 351 g/mol. The summed E-state index contributed by atoms with van der Waals surface area (Å²) >= 11 is 13.9. The van der Waals surface area contributed by atoms with Crippen LogP contribution < -0.4 is 5.32 Å². The summed E-state index contributed by atoms with van der Waals surface area (Å²) in [6, 6.07) is 5.64. The van der Waals surface area contributed by atoms with Crippen molar-refractivity contribution in [3.05, 3.63) is 28.2 Å². The fourth-order valence-corrected chi connectivity index (χ4v) is 3.37. The molecule has 8 heteroatoms. The molecule has 1 heterocycles. The van der Waals surface area contributed by atoms with Gasteiger partial charge in [-0.3, -0.25) is 0 Å². The van der Waals surface area contributed by atoms with Crippen molar-refractivity contribution in [1.82, 2.24) is 5.32 Å². The fraction of sp³-hybridized carbons (Fsp3) is 0.385. The van der Waals surface area contributed by atoms with Crippen LogP contribution in [0.4, 0.5) is 0 Å². The zero-order chi connectivity index (χ0) is 16.0. The molecular weight excluding hydrogens is 337 g/mol. The van der Waals surface area contributed by atoms with Gasteiger partial charge >= 0.3 is 11.9 Å². The van der Waals surface area contributed by atoms with E-state index >= 15 is 0 Å². The summed E-state index contributed by atoms with van der Waals surface area (Å²) in [4.78, 5) is 19.3. The van der Waals surface area contributed by atoms with Crippen LogP contribution in [0.5, 0.6) is 0 Å². The molecular formula is C13H15Cl2NO4S. The highest BCUT2D eigenvalue weighted by Gasteiger charge is 2.36. The lowest BCUT2D eigenvalue weighted by molar-refractivity contribution is -0.159. The zero-order valence-corrected chi connectivity index (χ0v) is 13.6. The quantitative estimate of drug-likeness (QED) is 0.725. The number of halogens is 2. The molecule has 0 spiro atoms. The Balaban J connectivity index is 0.000000315. The number of aliphatic carboxylic acids is 2. The molecule has 1 saturated heterocycles. The molecule has 0 atom stereocenters. The number of rotatable bonds is 3. The lowest BCUT2D eigenvalue weighted by atomic mass is 9.99. The Labute approximate surface area is 136 Å². The Bertz CT molecular complexity index is 517. The molecule has 116 valence electrons. The number of carboxylic acids is 2. The number of thioether (sulfide) groups is 1. The maximum Gasteiger partial charge on any atom is 0.414 e. The molecule has 3 N–H and O–H groups in total. The summed E-state index contributed by atoms with van der Waals surface area (Å²) in [5.74, 6) is -3.65. The first-order chi connectivity index (χ1) is 9.79. The minimum atomic E-state index is -1.82. The minimum Gasteiger partial charge on any atom is -0.473 e. The maximum absolute atomic E-state index is 9.10. The van der Waals surface area contributed by atoms with E-state index in [0.29, 0.717) is 4.75 Å². The summed E-state index contributed by atoms with van der Waals surface area (Å²) in [5, 5.41) is 19.6. The third-order valence-electron chi connectivity index (χ3n) is 2.94. The van der Waals surface area contributed by atoms with E-state index in [1.165, 1.54) is 0 Å². The number of benzene rings is 1. The zero-order valence-electron chi connectivity index (χ0n) is 11.2. The molecule has 1 aliphatic rings. The van der Waals surface area contributed by atoms with Crippen molar-refractivity contribution in [2.24, 2.45) is 0 Å². The normalized spacial score (nSPS) is 15.4. The second kappa shape index (κ2) is 7.89. The molecule has 5 nitrogen and oxygen atoms in total. The highest BCUT2D eigenvalue weighted by atomic mass is 35.5. The molecule has 0 amide bonds. The van der Waals surface area contributed by atoms with E-state index in [4.69, 9.17) is 43.0 Å². The molecule has 0 bridgehead atoms. The van der Waals surface area contributed by atoms with E-state index in [-0.39, 0.29) is 0 Å². The van der Waals surface area contributed by atoms with E-state index in [9.17, 15) is 0 Å². The SMILES string of the molecule is CCC1(Sc2cc(Cl)ccc2Cl)CNC1.O=C(O)C(=O)O. The van der Waals surface area contributed by atoms with Crippen LogP contribution in [0.1, 0.15) is 13.3 Å². The fourth-order valence-electron chi connectivity index (χ4n) is 1.59. The van der Waals surface area contributed by atoms with Crippen LogP contribution in [0.3, 0.4) is 0 Å². The first-order valence-electron chi connectivity index (χ1n) is 6.10. The number of carbonyl (C=O) groups is 2. The third kappa shape index (κ3) is 5.39. The van der Waals surface area contributed by atoms with Gasteiger partial charge in [-0.05, 0) is 24.6 Å². The Morgan fingerprint density at radius 3 is 2.24 bits per heavy atom. The van der Waals surface area contributed by atoms with E-state index in [0.717, 1.165) is 34.5 Å². The smallest absolute Gasteiger partial charge is 0.414 e. The number of carboxylic acid groups (broad SMARTS) is 2. The van der Waals surface area contributed by atoms with Crippen LogP contribution >= 0.6 is 35.0 Å². The molecule has 1 aromatic carbocycles. The number of hydrogen-bond acceptors (Lipinski definition) is 4. The molecule has 1 fully saturated rings. The first-order valence-corrected chi connectivity index (χ1v) is 7.68. The van der Waals surface area contributed by atoms with Gasteiger partial charge in [-0.1, -0.05) is 30.1 Å². The second-order valence-corrected chi connectivity index (χ2v) is 6.78. The summed E-state index contributed by atoms with van der Waals surface area (Å²) in [5.41, 5.74) is 0. The Hall–Kier alpha value is -0.950. The first kappa shape index (κ1) is 18.1. The van der Waals surface area contributed by atoms with Gasteiger partial charge in [0.2, 0.25) is 0 Å². The third-order valence-corrected chi connectivity index (χ3v) is 5.19. The lowest BCUT2D eigenvalue weighted by Crippen LogP contribution is -2.56. The Morgan fingerprint density at radius 2 is 1.86 bits per heavy atom. The minimum absolute atomic E-state index is 0.314. The topological polar surface area (TPSA) is 86.6 Å². The molecule has 0 unspecified atom stereocenters. The average molecular weight is 352 g/mol. The van der Waals surface area contributed by atoms with Crippen LogP contribution in [0, 0.1) is 0 Å². The van der Waals surface area contributed by atoms with Gasteiger partial charge < -0.3 is 15.5 Å². The highest BCUT2D eigenvalue weighted by molar-refractivity contribution is 8.01. The predicted molar refractivity (Wildman–Crippen MR) is 83.5 cm³/mol. The number of nitrogens with one attached hydrogen (secondary N) is 1. The van der Waals surface area contributed by atoms with E-state index < -0.39 is 11.9 Å². The van der Waals surface area contributed by atoms with Crippen LogP contribution in [0.15, 0.2) is 23.1 Å². The second-order valence-electron chi connectivity index (χ2n) is 4.43. The predicted octanol–water partition coefficient (Wildman–Crippen LogP) is 2.99. The van der Waals surface area contributed by atoms with E-state index in [2.05, 4.69) is 12.2 Å². The van der Waals surface area contributed by atoms with Crippen molar-refractivity contribution in [2.45, 2.75) is 23.0 Å². The highest BCUT2D eigenvalue weighted by Crippen LogP contribution is 2.42. The molecule has 1 aliphatic heterocycles. The van der Waals surface area contributed by atoms with Gasteiger partial charge in [0.1, 0.15) is 0 Å². The van der Waals surface area contributed by atoms with Crippen LogP contribution in [0.25, 0.3) is 0 Å². The van der Waals surface area contributed by atoms with Crippen molar-refractivity contribution in [3.63, 3.8) is 0 Å². The van der Waals surface area contributed by atoms with Gasteiger partial charge in [-0.15, -0.1) is 11.8 Å². The number of hydrogen-bond donors (Lipinski definition) is 3. The molecule has 0 radical (unpaired) electrons.